The van der Waals surface area contributed by atoms with Gasteiger partial charge in [-0.15, -0.1) is 10.2 Å². The second kappa shape index (κ2) is 5.10. The highest BCUT2D eigenvalue weighted by atomic mass is 16.5. The SMILES string of the molecule is CCOC(=O)c1nnc(-c2ccc(C#N)cc2)o1. The van der Waals surface area contributed by atoms with Gasteiger partial charge in [0.1, 0.15) is 0 Å². The molecule has 0 fully saturated rings. The Labute approximate surface area is 103 Å². The zero-order chi connectivity index (χ0) is 13.0. The number of rotatable bonds is 3. The second-order valence-corrected chi connectivity index (χ2v) is 3.32. The zero-order valence-corrected chi connectivity index (χ0v) is 9.58. The summed E-state index contributed by atoms with van der Waals surface area (Å²) in [5, 5.41) is 16.0. The first-order chi connectivity index (χ1) is 8.74. The summed E-state index contributed by atoms with van der Waals surface area (Å²) in [5.41, 5.74) is 1.17. The number of benzene rings is 1. The maximum Gasteiger partial charge on any atom is 0.396 e. The van der Waals surface area contributed by atoms with Crippen molar-refractivity contribution >= 4 is 5.97 Å². The Morgan fingerprint density at radius 2 is 2.11 bits per heavy atom. The molecule has 18 heavy (non-hydrogen) atoms. The van der Waals surface area contributed by atoms with Crippen molar-refractivity contribution in [3.8, 4) is 17.5 Å². The van der Waals surface area contributed by atoms with Crippen LogP contribution in [-0.4, -0.2) is 22.8 Å². The number of hydrogen-bond donors (Lipinski definition) is 0. The Balaban J connectivity index is 2.24. The lowest BCUT2D eigenvalue weighted by Crippen LogP contribution is -2.04. The summed E-state index contributed by atoms with van der Waals surface area (Å²) < 4.78 is 9.91. The van der Waals surface area contributed by atoms with Gasteiger partial charge >= 0.3 is 11.9 Å². The van der Waals surface area contributed by atoms with Crippen LogP contribution in [0.2, 0.25) is 0 Å². The van der Waals surface area contributed by atoms with E-state index in [1.165, 1.54) is 0 Å². The predicted octanol–water partition coefficient (Wildman–Crippen LogP) is 1.78. The summed E-state index contributed by atoms with van der Waals surface area (Å²) in [5.74, 6) is -0.622. The molecule has 0 saturated carbocycles. The highest BCUT2D eigenvalue weighted by Crippen LogP contribution is 2.18. The maximum absolute atomic E-state index is 11.3. The van der Waals surface area contributed by atoms with E-state index in [1.807, 2.05) is 6.07 Å². The number of aromatic nitrogens is 2. The molecule has 0 N–H and O–H groups in total. The lowest BCUT2D eigenvalue weighted by molar-refractivity contribution is 0.0481. The Bertz CT molecular complexity index is 596. The summed E-state index contributed by atoms with van der Waals surface area (Å²) >= 11 is 0. The maximum atomic E-state index is 11.3. The van der Waals surface area contributed by atoms with Crippen LogP contribution < -0.4 is 0 Å². The third-order valence-electron chi connectivity index (χ3n) is 2.14. The van der Waals surface area contributed by atoms with E-state index in [-0.39, 0.29) is 18.4 Å². The van der Waals surface area contributed by atoms with Gasteiger partial charge in [0.2, 0.25) is 5.89 Å². The van der Waals surface area contributed by atoms with Gasteiger partial charge in [-0.2, -0.15) is 5.26 Å². The number of nitriles is 1. The van der Waals surface area contributed by atoms with E-state index in [1.54, 1.807) is 31.2 Å². The molecule has 0 aliphatic carbocycles. The minimum absolute atomic E-state index is 0.184. The molecule has 6 nitrogen and oxygen atoms in total. The average Bonchev–Trinajstić information content (AvgIpc) is 2.89. The number of carbonyl (C=O) groups is 1. The van der Waals surface area contributed by atoms with Crippen LogP contribution in [0.3, 0.4) is 0 Å². The highest BCUT2D eigenvalue weighted by molar-refractivity contribution is 5.84. The smallest absolute Gasteiger partial charge is 0.396 e. The van der Waals surface area contributed by atoms with Crippen LogP contribution in [0.5, 0.6) is 0 Å². The monoisotopic (exact) mass is 243 g/mol. The summed E-state index contributed by atoms with van der Waals surface area (Å²) in [6.45, 7) is 1.93. The van der Waals surface area contributed by atoms with Crippen LogP contribution >= 0.6 is 0 Å². The summed E-state index contributed by atoms with van der Waals surface area (Å²) in [6.07, 6.45) is 0. The fraction of sp³-hybridized carbons (Fsp3) is 0.167. The normalized spacial score (nSPS) is 9.78. The van der Waals surface area contributed by atoms with E-state index in [9.17, 15) is 4.79 Å². The van der Waals surface area contributed by atoms with Crippen molar-refractivity contribution in [1.82, 2.24) is 10.2 Å². The van der Waals surface area contributed by atoms with Crippen molar-refractivity contribution in [3.05, 3.63) is 35.7 Å². The minimum atomic E-state index is -0.648. The van der Waals surface area contributed by atoms with E-state index < -0.39 is 5.97 Å². The molecule has 0 bridgehead atoms. The van der Waals surface area contributed by atoms with E-state index in [0.717, 1.165) is 0 Å². The third kappa shape index (κ3) is 2.35. The van der Waals surface area contributed by atoms with Gasteiger partial charge < -0.3 is 9.15 Å². The molecular formula is C12H9N3O3. The lowest BCUT2D eigenvalue weighted by Gasteiger charge is -1.95. The van der Waals surface area contributed by atoms with Crippen LogP contribution in [0, 0.1) is 11.3 Å². The van der Waals surface area contributed by atoms with Crippen molar-refractivity contribution in [3.63, 3.8) is 0 Å². The molecular weight excluding hydrogens is 234 g/mol. The van der Waals surface area contributed by atoms with Gasteiger partial charge in [0, 0.05) is 5.56 Å². The molecule has 2 aromatic rings. The third-order valence-corrected chi connectivity index (χ3v) is 2.14. The van der Waals surface area contributed by atoms with Gasteiger partial charge in [0.15, 0.2) is 0 Å². The molecule has 1 aromatic heterocycles. The highest BCUT2D eigenvalue weighted by Gasteiger charge is 2.16. The molecule has 2 rings (SSSR count). The first-order valence-electron chi connectivity index (χ1n) is 5.25. The molecule has 0 radical (unpaired) electrons. The molecule has 1 aromatic carbocycles. The first-order valence-corrected chi connectivity index (χ1v) is 5.25. The molecule has 0 saturated heterocycles. The lowest BCUT2D eigenvalue weighted by atomic mass is 10.1. The number of esters is 1. The Kier molecular flexibility index (Phi) is 3.34. The number of ether oxygens (including phenoxy) is 1. The molecule has 90 valence electrons. The average molecular weight is 243 g/mol. The van der Waals surface area contributed by atoms with Gasteiger partial charge in [-0.3, -0.25) is 0 Å². The van der Waals surface area contributed by atoms with Gasteiger partial charge in [-0.25, -0.2) is 4.79 Å². The Hall–Kier alpha value is -2.68. The van der Waals surface area contributed by atoms with Crippen LogP contribution in [0.1, 0.15) is 23.2 Å². The molecule has 0 aliphatic heterocycles. The molecule has 6 heteroatoms. The zero-order valence-electron chi connectivity index (χ0n) is 9.58. The fourth-order valence-electron chi connectivity index (χ4n) is 1.30. The molecule has 1 heterocycles. The Morgan fingerprint density at radius 1 is 1.39 bits per heavy atom. The van der Waals surface area contributed by atoms with Crippen LogP contribution in [0.4, 0.5) is 0 Å². The van der Waals surface area contributed by atoms with Gasteiger partial charge in [-0.1, -0.05) is 0 Å². The van der Waals surface area contributed by atoms with Crippen molar-refractivity contribution in [2.45, 2.75) is 6.92 Å². The number of nitrogens with zero attached hydrogens (tertiary/aromatic N) is 3. The molecule has 0 unspecified atom stereocenters. The van der Waals surface area contributed by atoms with Gasteiger partial charge in [-0.05, 0) is 31.2 Å². The number of hydrogen-bond acceptors (Lipinski definition) is 6. The van der Waals surface area contributed by atoms with Crippen molar-refractivity contribution in [2.24, 2.45) is 0 Å². The minimum Gasteiger partial charge on any atom is -0.459 e. The van der Waals surface area contributed by atoms with Crippen molar-refractivity contribution in [2.75, 3.05) is 6.61 Å². The summed E-state index contributed by atoms with van der Waals surface area (Å²) in [6, 6.07) is 8.60. The Morgan fingerprint density at radius 3 is 2.72 bits per heavy atom. The predicted molar refractivity (Wildman–Crippen MR) is 60.4 cm³/mol. The summed E-state index contributed by atoms with van der Waals surface area (Å²) in [4.78, 5) is 11.3. The molecule has 0 aliphatic rings. The van der Waals surface area contributed by atoms with Crippen LogP contribution in [-0.2, 0) is 4.74 Å². The second-order valence-electron chi connectivity index (χ2n) is 3.32. The van der Waals surface area contributed by atoms with Crippen molar-refractivity contribution in [1.29, 1.82) is 5.26 Å². The van der Waals surface area contributed by atoms with Crippen LogP contribution in [0.15, 0.2) is 28.7 Å². The van der Waals surface area contributed by atoms with Gasteiger partial charge in [0.25, 0.3) is 0 Å². The van der Waals surface area contributed by atoms with E-state index in [0.29, 0.717) is 11.1 Å². The van der Waals surface area contributed by atoms with E-state index in [2.05, 4.69) is 10.2 Å². The van der Waals surface area contributed by atoms with Crippen molar-refractivity contribution < 1.29 is 13.9 Å². The largest absolute Gasteiger partial charge is 0.459 e. The number of carbonyl (C=O) groups excluding carboxylic acids is 1. The standard InChI is InChI=1S/C12H9N3O3/c1-2-17-12(16)11-15-14-10(18-11)9-5-3-8(7-13)4-6-9/h3-6H,2H2,1H3. The topological polar surface area (TPSA) is 89.0 Å². The van der Waals surface area contributed by atoms with E-state index >= 15 is 0 Å². The van der Waals surface area contributed by atoms with Crippen LogP contribution in [0.25, 0.3) is 11.5 Å². The van der Waals surface area contributed by atoms with Gasteiger partial charge in [0.05, 0.1) is 18.2 Å². The first kappa shape index (κ1) is 11.8. The van der Waals surface area contributed by atoms with E-state index in [4.69, 9.17) is 14.4 Å². The quantitative estimate of drug-likeness (QED) is 0.763. The molecule has 0 spiro atoms. The molecule has 0 atom stereocenters. The molecule has 0 amide bonds. The summed E-state index contributed by atoms with van der Waals surface area (Å²) in [7, 11) is 0. The fourth-order valence-corrected chi connectivity index (χ4v) is 1.30.